The molecule has 2 rings (SSSR count). The van der Waals surface area contributed by atoms with E-state index in [-0.39, 0.29) is 18.3 Å². The Morgan fingerprint density at radius 3 is 3.14 bits per heavy atom. The Hall–Kier alpha value is -1.10. The second kappa shape index (κ2) is 3.96. The third kappa shape index (κ3) is 2.23. The first-order valence-corrected chi connectivity index (χ1v) is 5.05. The maximum Gasteiger partial charge on any atom is 0.240 e. The summed E-state index contributed by atoms with van der Waals surface area (Å²) in [5.74, 6) is 0.896. The molecule has 0 atom stereocenters. The summed E-state index contributed by atoms with van der Waals surface area (Å²) < 4.78 is 1.66. The summed E-state index contributed by atoms with van der Waals surface area (Å²) in [6, 6.07) is 0.387. The van der Waals surface area contributed by atoms with E-state index in [1.807, 2.05) is 0 Å². The minimum Gasteiger partial charge on any atom is -0.352 e. The number of halogens is 1. The number of rotatable bonds is 4. The number of carbonyl (C=O) groups is 1. The summed E-state index contributed by atoms with van der Waals surface area (Å²) in [6.07, 6.45) is 3.71. The van der Waals surface area contributed by atoms with Crippen LogP contribution < -0.4 is 5.32 Å². The molecule has 1 amide bonds. The first-order valence-electron chi connectivity index (χ1n) is 4.51. The number of nitrogens with one attached hydrogen (secondary N) is 1. The van der Waals surface area contributed by atoms with Crippen LogP contribution in [0.15, 0.2) is 6.33 Å². The fraction of sp³-hybridized carbons (Fsp3) is 0.625. The molecule has 0 aliphatic heterocycles. The van der Waals surface area contributed by atoms with E-state index in [2.05, 4.69) is 15.5 Å². The standard InChI is InChI=1S/C8H11ClN4O/c9-3-7-12-10-5-13(7)4-8(14)11-6-1-2-6/h5-6H,1-4H2,(H,11,14). The van der Waals surface area contributed by atoms with Crippen LogP contribution in [0.3, 0.4) is 0 Å². The lowest BCUT2D eigenvalue weighted by Crippen LogP contribution is -2.29. The van der Waals surface area contributed by atoms with Gasteiger partial charge in [0.15, 0.2) is 0 Å². The number of hydrogen-bond acceptors (Lipinski definition) is 3. The number of aromatic nitrogens is 3. The van der Waals surface area contributed by atoms with Crippen LogP contribution in [0, 0.1) is 0 Å². The Labute approximate surface area is 86.5 Å². The van der Waals surface area contributed by atoms with Gasteiger partial charge in [-0.25, -0.2) is 0 Å². The molecule has 0 spiro atoms. The van der Waals surface area contributed by atoms with Gasteiger partial charge in [-0.05, 0) is 12.8 Å². The van der Waals surface area contributed by atoms with Crippen LogP contribution >= 0.6 is 11.6 Å². The van der Waals surface area contributed by atoms with Gasteiger partial charge in [0.1, 0.15) is 18.7 Å². The Bertz CT molecular complexity index is 334. The number of hydrogen-bond donors (Lipinski definition) is 1. The van der Waals surface area contributed by atoms with E-state index in [1.54, 1.807) is 4.57 Å². The van der Waals surface area contributed by atoms with Crippen LogP contribution in [0.2, 0.25) is 0 Å². The highest BCUT2D eigenvalue weighted by atomic mass is 35.5. The SMILES string of the molecule is O=C(Cn1cnnc1CCl)NC1CC1. The highest BCUT2D eigenvalue weighted by Gasteiger charge is 2.23. The molecule has 0 saturated heterocycles. The van der Waals surface area contributed by atoms with Crippen LogP contribution in [-0.2, 0) is 17.2 Å². The number of nitrogens with zero attached hydrogens (tertiary/aromatic N) is 3. The van der Waals surface area contributed by atoms with Gasteiger partial charge in [-0.15, -0.1) is 21.8 Å². The van der Waals surface area contributed by atoms with Gasteiger partial charge in [0, 0.05) is 6.04 Å². The van der Waals surface area contributed by atoms with E-state index in [4.69, 9.17) is 11.6 Å². The monoisotopic (exact) mass is 214 g/mol. The third-order valence-corrected chi connectivity index (χ3v) is 2.31. The lowest BCUT2D eigenvalue weighted by molar-refractivity contribution is -0.121. The van der Waals surface area contributed by atoms with Crippen molar-refractivity contribution in [1.29, 1.82) is 0 Å². The second-order valence-corrected chi connectivity index (χ2v) is 3.62. The van der Waals surface area contributed by atoms with E-state index in [9.17, 15) is 4.79 Å². The van der Waals surface area contributed by atoms with Gasteiger partial charge in [-0.3, -0.25) is 4.79 Å². The first-order chi connectivity index (χ1) is 6.79. The Morgan fingerprint density at radius 2 is 2.50 bits per heavy atom. The zero-order valence-corrected chi connectivity index (χ0v) is 8.37. The van der Waals surface area contributed by atoms with Crippen LogP contribution in [0.4, 0.5) is 0 Å². The molecular formula is C8H11ClN4O. The fourth-order valence-corrected chi connectivity index (χ4v) is 1.38. The molecule has 1 saturated carbocycles. The summed E-state index contributed by atoms with van der Waals surface area (Å²) in [5, 5.41) is 10.4. The molecule has 14 heavy (non-hydrogen) atoms. The Morgan fingerprint density at radius 1 is 1.71 bits per heavy atom. The number of amides is 1. The predicted molar refractivity (Wildman–Crippen MR) is 50.7 cm³/mol. The van der Waals surface area contributed by atoms with Crippen molar-refractivity contribution in [3.63, 3.8) is 0 Å². The van der Waals surface area contributed by atoms with Gasteiger partial charge >= 0.3 is 0 Å². The lowest BCUT2D eigenvalue weighted by Gasteiger charge is -2.04. The molecule has 1 N–H and O–H groups in total. The molecule has 1 fully saturated rings. The van der Waals surface area contributed by atoms with Crippen molar-refractivity contribution in [2.75, 3.05) is 0 Å². The molecule has 76 valence electrons. The van der Waals surface area contributed by atoms with E-state index < -0.39 is 0 Å². The number of alkyl halides is 1. The molecule has 1 aromatic rings. The highest BCUT2D eigenvalue weighted by molar-refractivity contribution is 6.16. The molecule has 0 aromatic carbocycles. The lowest BCUT2D eigenvalue weighted by atomic mass is 10.5. The normalized spacial score (nSPS) is 15.5. The minimum atomic E-state index is -0.00123. The Kier molecular flexibility index (Phi) is 2.67. The molecule has 5 nitrogen and oxygen atoms in total. The van der Waals surface area contributed by atoms with Gasteiger partial charge in [-0.1, -0.05) is 0 Å². The highest BCUT2D eigenvalue weighted by Crippen LogP contribution is 2.18. The van der Waals surface area contributed by atoms with Gasteiger partial charge in [0.25, 0.3) is 0 Å². The maximum atomic E-state index is 11.4. The van der Waals surface area contributed by atoms with Crippen molar-refractivity contribution in [2.24, 2.45) is 0 Å². The van der Waals surface area contributed by atoms with E-state index in [0.29, 0.717) is 11.9 Å². The van der Waals surface area contributed by atoms with Crippen molar-refractivity contribution >= 4 is 17.5 Å². The molecule has 6 heteroatoms. The molecule has 1 aliphatic carbocycles. The molecule has 0 unspecified atom stereocenters. The van der Waals surface area contributed by atoms with E-state index >= 15 is 0 Å². The predicted octanol–water partition coefficient (Wildman–Crippen LogP) is 0.295. The topological polar surface area (TPSA) is 59.8 Å². The molecule has 0 radical (unpaired) electrons. The summed E-state index contributed by atoms with van der Waals surface area (Å²) in [7, 11) is 0. The smallest absolute Gasteiger partial charge is 0.240 e. The zero-order valence-electron chi connectivity index (χ0n) is 7.61. The fourth-order valence-electron chi connectivity index (χ4n) is 1.17. The van der Waals surface area contributed by atoms with Crippen LogP contribution in [0.25, 0.3) is 0 Å². The largest absolute Gasteiger partial charge is 0.352 e. The van der Waals surface area contributed by atoms with Crippen molar-refractivity contribution < 1.29 is 4.79 Å². The summed E-state index contributed by atoms with van der Waals surface area (Å²) in [4.78, 5) is 11.4. The summed E-state index contributed by atoms with van der Waals surface area (Å²) >= 11 is 5.62. The molecule has 0 bridgehead atoms. The number of carbonyl (C=O) groups excluding carboxylic acids is 1. The van der Waals surface area contributed by atoms with Crippen LogP contribution in [0.1, 0.15) is 18.7 Å². The molecule has 1 heterocycles. The van der Waals surface area contributed by atoms with Crippen molar-refractivity contribution in [2.45, 2.75) is 31.3 Å². The van der Waals surface area contributed by atoms with Gasteiger partial charge in [0.05, 0.1) is 5.88 Å². The van der Waals surface area contributed by atoms with Crippen LogP contribution in [-0.4, -0.2) is 26.7 Å². The van der Waals surface area contributed by atoms with Crippen molar-refractivity contribution in [3.8, 4) is 0 Å². The van der Waals surface area contributed by atoms with E-state index in [0.717, 1.165) is 12.8 Å². The van der Waals surface area contributed by atoms with Crippen molar-refractivity contribution in [3.05, 3.63) is 12.2 Å². The third-order valence-electron chi connectivity index (χ3n) is 2.07. The van der Waals surface area contributed by atoms with Crippen molar-refractivity contribution in [1.82, 2.24) is 20.1 Å². The van der Waals surface area contributed by atoms with E-state index in [1.165, 1.54) is 6.33 Å². The van der Waals surface area contributed by atoms with Gasteiger partial charge in [0.2, 0.25) is 5.91 Å². The van der Waals surface area contributed by atoms with Gasteiger partial charge in [-0.2, -0.15) is 0 Å². The zero-order chi connectivity index (χ0) is 9.97. The minimum absolute atomic E-state index is 0.00123. The maximum absolute atomic E-state index is 11.4. The summed E-state index contributed by atoms with van der Waals surface area (Å²) in [5.41, 5.74) is 0. The molecule has 1 aliphatic rings. The Balaban J connectivity index is 1.91. The average molecular weight is 215 g/mol. The van der Waals surface area contributed by atoms with Gasteiger partial charge < -0.3 is 9.88 Å². The first kappa shape index (κ1) is 9.45. The average Bonchev–Trinajstić information content (AvgIpc) is 2.84. The molecule has 1 aromatic heterocycles. The second-order valence-electron chi connectivity index (χ2n) is 3.35. The van der Waals surface area contributed by atoms with Crippen LogP contribution in [0.5, 0.6) is 0 Å². The quantitative estimate of drug-likeness (QED) is 0.734. The summed E-state index contributed by atoms with van der Waals surface area (Å²) in [6.45, 7) is 0.256. The molecular weight excluding hydrogens is 204 g/mol.